The number of nitrogens with one attached hydrogen (secondary N) is 1. The number of para-hydroxylation sites is 3. The maximum absolute atomic E-state index is 12.7. The minimum atomic E-state index is -0.719. The zero-order valence-corrected chi connectivity index (χ0v) is 12.9. The Morgan fingerprint density at radius 1 is 1.04 bits per heavy atom. The predicted molar refractivity (Wildman–Crippen MR) is 91.3 cm³/mol. The molecule has 3 aromatic rings. The van der Waals surface area contributed by atoms with Crippen LogP contribution in [0.5, 0.6) is 0 Å². The fourth-order valence-corrected chi connectivity index (χ4v) is 3.20. The number of nitrogens with zero attached hydrogens (tertiary/aromatic N) is 2. The molecule has 0 spiro atoms. The van der Waals surface area contributed by atoms with E-state index in [1.165, 1.54) is 4.57 Å². The quantitative estimate of drug-likeness (QED) is 0.723. The molecule has 120 valence electrons. The van der Waals surface area contributed by atoms with Crippen LogP contribution in [0.15, 0.2) is 58.1 Å². The highest BCUT2D eigenvalue weighted by Crippen LogP contribution is 2.27. The van der Waals surface area contributed by atoms with Crippen LogP contribution in [0, 0.1) is 0 Å². The molecule has 0 aliphatic carbocycles. The smallest absolute Gasteiger partial charge is 0.316 e. The second-order valence-corrected chi connectivity index (χ2v) is 5.79. The van der Waals surface area contributed by atoms with E-state index in [1.807, 2.05) is 24.3 Å². The summed E-state index contributed by atoms with van der Waals surface area (Å²) in [6.45, 7) is 0.436. The standard InChI is InChI=1S/C18H15N3O3/c22-16(20-10-9-12-5-1-3-7-14(12)20)11-21-15-8-4-2-6-13(15)19-17(23)18(21)24/h1-8H,9-11H2,(H,19,23). The Hall–Kier alpha value is -3.15. The first kappa shape index (κ1) is 14.4. The average Bonchev–Trinajstić information content (AvgIpc) is 3.03. The predicted octanol–water partition coefficient (Wildman–Crippen LogP) is 1.28. The molecule has 0 radical (unpaired) electrons. The van der Waals surface area contributed by atoms with Gasteiger partial charge in [0.2, 0.25) is 5.91 Å². The SMILES string of the molecule is O=C(Cn1c(=O)c(=O)[nH]c2ccccc21)N1CCc2ccccc21. The van der Waals surface area contributed by atoms with E-state index < -0.39 is 11.1 Å². The van der Waals surface area contributed by atoms with Crippen molar-refractivity contribution in [2.24, 2.45) is 0 Å². The van der Waals surface area contributed by atoms with Gasteiger partial charge in [0, 0.05) is 12.2 Å². The number of hydrogen-bond acceptors (Lipinski definition) is 3. The van der Waals surface area contributed by atoms with Gasteiger partial charge in [-0.1, -0.05) is 30.3 Å². The van der Waals surface area contributed by atoms with Crippen LogP contribution in [0.1, 0.15) is 5.56 Å². The van der Waals surface area contributed by atoms with Gasteiger partial charge in [-0.25, -0.2) is 0 Å². The van der Waals surface area contributed by atoms with E-state index in [9.17, 15) is 14.4 Å². The van der Waals surface area contributed by atoms with Crippen molar-refractivity contribution in [3.63, 3.8) is 0 Å². The zero-order valence-electron chi connectivity index (χ0n) is 12.9. The van der Waals surface area contributed by atoms with Crippen LogP contribution >= 0.6 is 0 Å². The number of carbonyl (C=O) groups is 1. The summed E-state index contributed by atoms with van der Waals surface area (Å²) in [5, 5.41) is 0. The lowest BCUT2D eigenvalue weighted by Gasteiger charge is -2.18. The van der Waals surface area contributed by atoms with Gasteiger partial charge in [-0.2, -0.15) is 0 Å². The Morgan fingerprint density at radius 2 is 1.79 bits per heavy atom. The molecule has 1 aromatic heterocycles. The molecule has 0 saturated carbocycles. The van der Waals surface area contributed by atoms with Crippen molar-refractivity contribution in [2.75, 3.05) is 11.4 Å². The summed E-state index contributed by atoms with van der Waals surface area (Å²) >= 11 is 0. The first-order valence-corrected chi connectivity index (χ1v) is 7.75. The van der Waals surface area contributed by atoms with E-state index in [-0.39, 0.29) is 12.5 Å². The second kappa shape index (κ2) is 5.49. The van der Waals surface area contributed by atoms with Crippen molar-refractivity contribution >= 4 is 22.6 Å². The van der Waals surface area contributed by atoms with Crippen LogP contribution < -0.4 is 16.0 Å². The highest BCUT2D eigenvalue weighted by Gasteiger charge is 2.25. The highest BCUT2D eigenvalue weighted by atomic mass is 16.2. The third kappa shape index (κ3) is 2.23. The normalized spacial score (nSPS) is 13.2. The van der Waals surface area contributed by atoms with Crippen molar-refractivity contribution in [3.05, 3.63) is 74.8 Å². The number of aromatic nitrogens is 2. The largest absolute Gasteiger partial charge is 0.317 e. The Bertz CT molecular complexity index is 1060. The molecule has 4 rings (SSSR count). The minimum absolute atomic E-state index is 0.155. The topological polar surface area (TPSA) is 75.2 Å². The van der Waals surface area contributed by atoms with E-state index in [0.717, 1.165) is 17.7 Å². The number of hydrogen-bond donors (Lipinski definition) is 1. The molecular weight excluding hydrogens is 306 g/mol. The summed E-state index contributed by atoms with van der Waals surface area (Å²) in [6.07, 6.45) is 0.799. The van der Waals surface area contributed by atoms with Gasteiger partial charge in [0.25, 0.3) is 0 Å². The number of H-pyrrole nitrogens is 1. The van der Waals surface area contributed by atoms with E-state index in [4.69, 9.17) is 0 Å². The first-order valence-electron chi connectivity index (χ1n) is 7.75. The van der Waals surface area contributed by atoms with E-state index in [2.05, 4.69) is 4.98 Å². The first-order chi connectivity index (χ1) is 11.6. The fourth-order valence-electron chi connectivity index (χ4n) is 3.20. The summed E-state index contributed by atoms with van der Waals surface area (Å²) < 4.78 is 1.25. The molecule has 0 bridgehead atoms. The van der Waals surface area contributed by atoms with Crippen molar-refractivity contribution in [2.45, 2.75) is 13.0 Å². The molecule has 0 saturated heterocycles. The number of carbonyl (C=O) groups excluding carboxylic acids is 1. The van der Waals surface area contributed by atoms with Gasteiger partial charge in [-0.15, -0.1) is 0 Å². The van der Waals surface area contributed by atoms with Crippen LogP contribution in [-0.2, 0) is 17.8 Å². The number of anilines is 1. The third-order valence-electron chi connectivity index (χ3n) is 4.36. The molecule has 2 heterocycles. The monoisotopic (exact) mass is 321 g/mol. The Kier molecular flexibility index (Phi) is 3.30. The van der Waals surface area contributed by atoms with Gasteiger partial charge < -0.3 is 9.88 Å². The number of aromatic amines is 1. The van der Waals surface area contributed by atoms with Crippen LogP contribution in [0.4, 0.5) is 5.69 Å². The zero-order chi connectivity index (χ0) is 16.7. The third-order valence-corrected chi connectivity index (χ3v) is 4.36. The maximum atomic E-state index is 12.7. The lowest BCUT2D eigenvalue weighted by atomic mass is 10.2. The molecule has 2 aromatic carbocycles. The summed E-state index contributed by atoms with van der Waals surface area (Å²) in [7, 11) is 0. The lowest BCUT2D eigenvalue weighted by Crippen LogP contribution is -2.41. The Morgan fingerprint density at radius 3 is 2.67 bits per heavy atom. The highest BCUT2D eigenvalue weighted by molar-refractivity contribution is 5.95. The molecule has 0 unspecified atom stereocenters. The summed E-state index contributed by atoms with van der Waals surface area (Å²) in [5.74, 6) is -0.196. The molecule has 6 nitrogen and oxygen atoms in total. The van der Waals surface area contributed by atoms with Gasteiger partial charge in [0.1, 0.15) is 6.54 Å². The molecule has 0 fully saturated rings. The maximum Gasteiger partial charge on any atom is 0.317 e. The average molecular weight is 321 g/mol. The summed E-state index contributed by atoms with van der Waals surface area (Å²) in [6, 6.07) is 14.7. The molecule has 0 atom stereocenters. The van der Waals surface area contributed by atoms with Crippen molar-refractivity contribution in [1.82, 2.24) is 9.55 Å². The molecule has 1 amide bonds. The fraction of sp³-hybridized carbons (Fsp3) is 0.167. The van der Waals surface area contributed by atoms with Crippen molar-refractivity contribution in [3.8, 4) is 0 Å². The van der Waals surface area contributed by atoms with Crippen LogP contribution in [0.3, 0.4) is 0 Å². The number of rotatable bonds is 2. The second-order valence-electron chi connectivity index (χ2n) is 5.79. The van der Waals surface area contributed by atoms with Crippen LogP contribution in [-0.4, -0.2) is 22.0 Å². The van der Waals surface area contributed by atoms with Crippen LogP contribution in [0.2, 0.25) is 0 Å². The van der Waals surface area contributed by atoms with Gasteiger partial charge in [0.15, 0.2) is 0 Å². The van der Waals surface area contributed by atoms with E-state index in [1.54, 1.807) is 29.2 Å². The van der Waals surface area contributed by atoms with Crippen LogP contribution in [0.25, 0.3) is 11.0 Å². The summed E-state index contributed by atoms with van der Waals surface area (Å²) in [5.41, 5.74) is 1.65. The molecule has 1 N–H and O–H groups in total. The number of benzene rings is 2. The Labute approximate surface area is 137 Å². The van der Waals surface area contributed by atoms with Crippen molar-refractivity contribution < 1.29 is 4.79 Å². The van der Waals surface area contributed by atoms with Gasteiger partial charge >= 0.3 is 11.1 Å². The van der Waals surface area contributed by atoms with Gasteiger partial charge in [0.05, 0.1) is 11.0 Å². The molecular formula is C18H15N3O3. The summed E-state index contributed by atoms with van der Waals surface area (Å²) in [4.78, 5) is 41.0. The van der Waals surface area contributed by atoms with E-state index in [0.29, 0.717) is 17.6 Å². The number of fused-ring (bicyclic) bond motifs is 2. The number of amides is 1. The van der Waals surface area contributed by atoms with E-state index >= 15 is 0 Å². The lowest BCUT2D eigenvalue weighted by molar-refractivity contribution is -0.119. The van der Waals surface area contributed by atoms with Gasteiger partial charge in [-0.05, 0) is 30.2 Å². The minimum Gasteiger partial charge on any atom is -0.316 e. The molecule has 24 heavy (non-hydrogen) atoms. The van der Waals surface area contributed by atoms with Gasteiger partial charge in [-0.3, -0.25) is 19.0 Å². The Balaban J connectivity index is 1.76. The molecule has 1 aliphatic heterocycles. The molecule has 6 heteroatoms. The van der Waals surface area contributed by atoms with Crippen molar-refractivity contribution in [1.29, 1.82) is 0 Å². The molecule has 1 aliphatic rings.